The highest BCUT2D eigenvalue weighted by atomic mass is 35.5. The van der Waals surface area contributed by atoms with Crippen LogP contribution in [0.4, 0.5) is 5.69 Å². The molecule has 2 rings (SSSR count). The maximum absolute atomic E-state index is 12.2. The van der Waals surface area contributed by atoms with E-state index >= 15 is 0 Å². The van der Waals surface area contributed by atoms with E-state index in [0.29, 0.717) is 41.4 Å². The Labute approximate surface area is 133 Å². The number of carboxylic acid groups (broad SMARTS) is 1. The van der Waals surface area contributed by atoms with Crippen LogP contribution in [0.25, 0.3) is 0 Å². The SMILES string of the molecule is Cc1cc(Cl)c(NC(=O)C2CCC(C(=O)O)CC2)cc1Cl. The highest BCUT2D eigenvalue weighted by molar-refractivity contribution is 6.36. The maximum atomic E-state index is 12.2. The summed E-state index contributed by atoms with van der Waals surface area (Å²) >= 11 is 12.1. The Bertz CT molecular complexity index is 566. The molecule has 1 amide bonds. The highest BCUT2D eigenvalue weighted by Gasteiger charge is 2.29. The maximum Gasteiger partial charge on any atom is 0.306 e. The lowest BCUT2D eigenvalue weighted by Gasteiger charge is -2.25. The Morgan fingerprint density at radius 1 is 1.10 bits per heavy atom. The molecule has 114 valence electrons. The lowest BCUT2D eigenvalue weighted by molar-refractivity contribution is -0.143. The van der Waals surface area contributed by atoms with E-state index in [1.165, 1.54) is 0 Å². The van der Waals surface area contributed by atoms with Crippen LogP contribution < -0.4 is 5.32 Å². The second-order valence-electron chi connectivity index (χ2n) is 5.46. The third kappa shape index (κ3) is 3.89. The zero-order valence-corrected chi connectivity index (χ0v) is 13.2. The van der Waals surface area contributed by atoms with Gasteiger partial charge in [-0.2, -0.15) is 0 Å². The number of benzene rings is 1. The number of nitrogens with one attached hydrogen (secondary N) is 1. The first-order chi connectivity index (χ1) is 9.88. The third-order valence-corrected chi connectivity index (χ3v) is 4.67. The molecule has 6 heteroatoms. The minimum atomic E-state index is -0.776. The van der Waals surface area contributed by atoms with Crippen molar-refractivity contribution < 1.29 is 14.7 Å². The van der Waals surface area contributed by atoms with E-state index in [9.17, 15) is 9.59 Å². The second kappa shape index (κ2) is 6.67. The summed E-state index contributed by atoms with van der Waals surface area (Å²) in [5, 5.41) is 12.7. The lowest BCUT2D eigenvalue weighted by atomic mass is 9.81. The smallest absolute Gasteiger partial charge is 0.306 e. The Balaban J connectivity index is 2.00. The Morgan fingerprint density at radius 3 is 2.24 bits per heavy atom. The standard InChI is InChI=1S/C15H17Cl2NO3/c1-8-6-12(17)13(7-11(8)16)18-14(19)9-2-4-10(5-3-9)15(20)21/h6-7,9-10H,2-5H2,1H3,(H,18,19)(H,20,21). The second-order valence-corrected chi connectivity index (χ2v) is 6.27. The number of halogens is 2. The van der Waals surface area contributed by atoms with E-state index in [0.717, 1.165) is 5.56 Å². The minimum Gasteiger partial charge on any atom is -0.481 e. The Morgan fingerprint density at radius 2 is 1.67 bits per heavy atom. The fraction of sp³-hybridized carbons (Fsp3) is 0.467. The van der Waals surface area contributed by atoms with Crippen molar-refractivity contribution in [2.24, 2.45) is 11.8 Å². The van der Waals surface area contributed by atoms with Gasteiger partial charge in [0, 0.05) is 10.9 Å². The van der Waals surface area contributed by atoms with E-state index in [2.05, 4.69) is 5.32 Å². The molecule has 0 aromatic heterocycles. The van der Waals surface area contributed by atoms with Crippen molar-refractivity contribution >= 4 is 40.8 Å². The molecule has 0 heterocycles. The molecular weight excluding hydrogens is 313 g/mol. The molecule has 2 N–H and O–H groups in total. The van der Waals surface area contributed by atoms with Gasteiger partial charge in [-0.05, 0) is 50.3 Å². The summed E-state index contributed by atoms with van der Waals surface area (Å²) in [5.41, 5.74) is 1.35. The average molecular weight is 330 g/mol. The minimum absolute atomic E-state index is 0.124. The van der Waals surface area contributed by atoms with Crippen LogP contribution in [-0.2, 0) is 9.59 Å². The van der Waals surface area contributed by atoms with Crippen molar-refractivity contribution in [2.75, 3.05) is 5.32 Å². The molecule has 0 saturated heterocycles. The van der Waals surface area contributed by atoms with Gasteiger partial charge in [0.1, 0.15) is 0 Å². The number of carbonyl (C=O) groups excluding carboxylic acids is 1. The number of aryl methyl sites for hydroxylation is 1. The summed E-state index contributed by atoms with van der Waals surface area (Å²) in [7, 11) is 0. The summed E-state index contributed by atoms with van der Waals surface area (Å²) in [6, 6.07) is 3.35. The topological polar surface area (TPSA) is 66.4 Å². The molecule has 0 atom stereocenters. The fourth-order valence-electron chi connectivity index (χ4n) is 2.58. The van der Waals surface area contributed by atoms with Gasteiger partial charge in [0.05, 0.1) is 16.6 Å². The molecule has 1 saturated carbocycles. The zero-order chi connectivity index (χ0) is 15.6. The number of amides is 1. The van der Waals surface area contributed by atoms with E-state index in [4.69, 9.17) is 28.3 Å². The molecule has 0 unspecified atom stereocenters. The molecule has 1 aromatic rings. The molecular formula is C15H17Cl2NO3. The Hall–Kier alpha value is -1.26. The molecule has 0 radical (unpaired) electrons. The van der Waals surface area contributed by atoms with Gasteiger partial charge in [-0.15, -0.1) is 0 Å². The van der Waals surface area contributed by atoms with Crippen LogP contribution in [0.3, 0.4) is 0 Å². The molecule has 1 aliphatic carbocycles. The average Bonchev–Trinajstić information content (AvgIpc) is 2.44. The third-order valence-electron chi connectivity index (χ3n) is 3.95. The zero-order valence-electron chi connectivity index (χ0n) is 11.7. The number of anilines is 1. The van der Waals surface area contributed by atoms with Gasteiger partial charge in [-0.3, -0.25) is 9.59 Å². The molecule has 4 nitrogen and oxygen atoms in total. The van der Waals surface area contributed by atoms with E-state index in [1.54, 1.807) is 12.1 Å². The first-order valence-electron chi connectivity index (χ1n) is 6.87. The number of hydrogen-bond donors (Lipinski definition) is 2. The van der Waals surface area contributed by atoms with Gasteiger partial charge in [0.2, 0.25) is 5.91 Å². The van der Waals surface area contributed by atoms with Crippen LogP contribution >= 0.6 is 23.2 Å². The van der Waals surface area contributed by atoms with Crippen LogP contribution in [0.2, 0.25) is 10.0 Å². The molecule has 0 bridgehead atoms. The Kier molecular flexibility index (Phi) is 5.12. The van der Waals surface area contributed by atoms with Gasteiger partial charge in [-0.1, -0.05) is 23.2 Å². The van der Waals surface area contributed by atoms with Gasteiger partial charge in [0.15, 0.2) is 0 Å². The van der Waals surface area contributed by atoms with Crippen molar-refractivity contribution in [1.82, 2.24) is 0 Å². The fourth-order valence-corrected chi connectivity index (χ4v) is 3.01. The van der Waals surface area contributed by atoms with E-state index in [1.807, 2.05) is 6.92 Å². The van der Waals surface area contributed by atoms with E-state index in [-0.39, 0.29) is 17.7 Å². The summed E-state index contributed by atoms with van der Waals surface area (Å²) in [5.74, 6) is -1.40. The van der Waals surface area contributed by atoms with Crippen LogP contribution in [0, 0.1) is 18.8 Å². The van der Waals surface area contributed by atoms with Gasteiger partial charge in [0.25, 0.3) is 0 Å². The number of hydrogen-bond acceptors (Lipinski definition) is 2. The molecule has 1 fully saturated rings. The summed E-state index contributed by atoms with van der Waals surface area (Å²) in [6.07, 6.45) is 2.24. The number of rotatable bonds is 3. The highest BCUT2D eigenvalue weighted by Crippen LogP contribution is 2.32. The monoisotopic (exact) mass is 329 g/mol. The molecule has 0 spiro atoms. The largest absolute Gasteiger partial charge is 0.481 e. The summed E-state index contributed by atoms with van der Waals surface area (Å²) in [4.78, 5) is 23.1. The van der Waals surface area contributed by atoms with Crippen molar-refractivity contribution in [3.05, 3.63) is 27.7 Å². The van der Waals surface area contributed by atoms with Crippen LogP contribution in [0.1, 0.15) is 31.2 Å². The lowest BCUT2D eigenvalue weighted by Crippen LogP contribution is -2.29. The van der Waals surface area contributed by atoms with E-state index < -0.39 is 5.97 Å². The quantitative estimate of drug-likeness (QED) is 0.876. The molecule has 21 heavy (non-hydrogen) atoms. The van der Waals surface area contributed by atoms with Crippen molar-refractivity contribution in [2.45, 2.75) is 32.6 Å². The predicted octanol–water partition coefficient (Wildman–Crippen LogP) is 4.13. The van der Waals surface area contributed by atoms with Crippen LogP contribution in [-0.4, -0.2) is 17.0 Å². The summed E-state index contributed by atoms with van der Waals surface area (Å²) in [6.45, 7) is 1.84. The summed E-state index contributed by atoms with van der Waals surface area (Å²) < 4.78 is 0. The normalized spacial score (nSPS) is 21.9. The van der Waals surface area contributed by atoms with Gasteiger partial charge < -0.3 is 10.4 Å². The predicted molar refractivity (Wildman–Crippen MR) is 82.9 cm³/mol. The van der Waals surface area contributed by atoms with Crippen LogP contribution in [0.5, 0.6) is 0 Å². The van der Waals surface area contributed by atoms with Crippen LogP contribution in [0.15, 0.2) is 12.1 Å². The van der Waals surface area contributed by atoms with Gasteiger partial charge >= 0.3 is 5.97 Å². The number of carbonyl (C=O) groups is 2. The first-order valence-corrected chi connectivity index (χ1v) is 7.63. The first kappa shape index (κ1) is 16.1. The molecule has 0 aliphatic heterocycles. The number of aliphatic carboxylic acids is 1. The van der Waals surface area contributed by atoms with Crippen molar-refractivity contribution in [3.63, 3.8) is 0 Å². The van der Waals surface area contributed by atoms with Crippen molar-refractivity contribution in [3.8, 4) is 0 Å². The van der Waals surface area contributed by atoms with Gasteiger partial charge in [-0.25, -0.2) is 0 Å². The van der Waals surface area contributed by atoms with Crippen molar-refractivity contribution in [1.29, 1.82) is 0 Å². The number of carboxylic acids is 1. The molecule has 1 aliphatic rings. The molecule has 1 aromatic carbocycles.